The van der Waals surface area contributed by atoms with Gasteiger partial charge in [-0.15, -0.1) is 0 Å². The smallest absolute Gasteiger partial charge is 0.274 e. The molecule has 1 amide bonds. The number of likely N-dealkylation sites (N-methyl/N-ethyl adjacent to an activating group) is 1. The summed E-state index contributed by atoms with van der Waals surface area (Å²) in [5.41, 5.74) is 1.17. The van der Waals surface area contributed by atoms with Gasteiger partial charge in [0.2, 0.25) is 0 Å². The standard InChI is InChI=1S/C18H33N3O2/c1-8-11-18(6,21(7)12-9-2)14(5)19-17(22)16-13(4)15(10-3)23-20-16/h14H,8-12H2,1-7H3,(H,19,22). The van der Waals surface area contributed by atoms with Crippen LogP contribution < -0.4 is 5.32 Å². The lowest BCUT2D eigenvalue weighted by Gasteiger charge is -2.44. The van der Waals surface area contributed by atoms with Crippen molar-refractivity contribution in [1.29, 1.82) is 0 Å². The number of amides is 1. The maximum atomic E-state index is 12.6. The van der Waals surface area contributed by atoms with Crippen molar-refractivity contribution in [3.8, 4) is 0 Å². The van der Waals surface area contributed by atoms with E-state index in [4.69, 9.17) is 4.52 Å². The van der Waals surface area contributed by atoms with Gasteiger partial charge in [0.25, 0.3) is 5.91 Å². The van der Waals surface area contributed by atoms with E-state index in [9.17, 15) is 4.79 Å². The molecule has 1 rings (SSSR count). The minimum absolute atomic E-state index is 0.0210. The van der Waals surface area contributed by atoms with Gasteiger partial charge in [0.05, 0.1) is 0 Å². The molecule has 0 fully saturated rings. The van der Waals surface area contributed by atoms with E-state index in [1.54, 1.807) is 0 Å². The van der Waals surface area contributed by atoms with Crippen LogP contribution in [0.2, 0.25) is 0 Å². The van der Waals surface area contributed by atoms with Gasteiger partial charge in [-0.25, -0.2) is 0 Å². The molecule has 1 heterocycles. The van der Waals surface area contributed by atoms with Gasteiger partial charge in [0.1, 0.15) is 5.76 Å². The monoisotopic (exact) mass is 323 g/mol. The fourth-order valence-corrected chi connectivity index (χ4v) is 3.17. The molecule has 2 unspecified atom stereocenters. The normalized spacial score (nSPS) is 15.5. The quantitative estimate of drug-likeness (QED) is 0.755. The summed E-state index contributed by atoms with van der Waals surface area (Å²) in [6, 6.07) is 0.0210. The SMILES string of the molecule is CCCN(C)C(C)(CCC)C(C)NC(=O)c1noc(CC)c1C. The van der Waals surface area contributed by atoms with Crippen molar-refractivity contribution in [3.63, 3.8) is 0 Å². The molecule has 2 atom stereocenters. The van der Waals surface area contributed by atoms with Crippen LogP contribution >= 0.6 is 0 Å². The predicted molar refractivity (Wildman–Crippen MR) is 93.8 cm³/mol. The lowest BCUT2D eigenvalue weighted by Crippen LogP contribution is -2.58. The highest BCUT2D eigenvalue weighted by atomic mass is 16.5. The van der Waals surface area contributed by atoms with Gasteiger partial charge < -0.3 is 9.84 Å². The molecule has 0 bridgehead atoms. The Morgan fingerprint density at radius 1 is 1.35 bits per heavy atom. The minimum Gasteiger partial charge on any atom is -0.360 e. The topological polar surface area (TPSA) is 58.4 Å². The number of carbonyl (C=O) groups excluding carboxylic acids is 1. The highest BCUT2D eigenvalue weighted by Crippen LogP contribution is 2.25. The van der Waals surface area contributed by atoms with Crippen LogP contribution in [0.1, 0.15) is 75.7 Å². The lowest BCUT2D eigenvalue weighted by molar-refractivity contribution is 0.0706. The lowest BCUT2D eigenvalue weighted by atomic mass is 9.86. The molecule has 5 nitrogen and oxygen atoms in total. The molecule has 1 N–H and O–H groups in total. The highest BCUT2D eigenvalue weighted by molar-refractivity contribution is 5.93. The molecule has 0 spiro atoms. The molecule has 0 aliphatic rings. The van der Waals surface area contributed by atoms with E-state index < -0.39 is 0 Å². The Balaban J connectivity index is 2.90. The van der Waals surface area contributed by atoms with Crippen molar-refractivity contribution < 1.29 is 9.32 Å². The maximum absolute atomic E-state index is 12.6. The van der Waals surface area contributed by atoms with Gasteiger partial charge >= 0.3 is 0 Å². The molecule has 0 aliphatic carbocycles. The van der Waals surface area contributed by atoms with E-state index in [2.05, 4.69) is 50.1 Å². The molecule has 0 aromatic carbocycles. The third-order valence-corrected chi connectivity index (χ3v) is 5.02. The third kappa shape index (κ3) is 4.34. The molecule has 0 saturated heterocycles. The van der Waals surface area contributed by atoms with E-state index in [0.717, 1.165) is 43.6 Å². The Morgan fingerprint density at radius 3 is 2.48 bits per heavy atom. The summed E-state index contributed by atoms with van der Waals surface area (Å²) in [7, 11) is 2.14. The number of hydrogen-bond acceptors (Lipinski definition) is 4. The summed E-state index contributed by atoms with van der Waals surface area (Å²) in [6.07, 6.45) is 3.95. The van der Waals surface area contributed by atoms with Crippen molar-refractivity contribution in [1.82, 2.24) is 15.4 Å². The van der Waals surface area contributed by atoms with Crippen LogP contribution in [0.5, 0.6) is 0 Å². The summed E-state index contributed by atoms with van der Waals surface area (Å²) < 4.78 is 5.25. The van der Waals surface area contributed by atoms with Crippen molar-refractivity contribution in [3.05, 3.63) is 17.0 Å². The molecule has 1 aromatic rings. The number of rotatable bonds is 9. The highest BCUT2D eigenvalue weighted by Gasteiger charge is 2.35. The van der Waals surface area contributed by atoms with Crippen LogP contribution in [0.15, 0.2) is 4.52 Å². The summed E-state index contributed by atoms with van der Waals surface area (Å²) in [4.78, 5) is 14.9. The Bertz CT molecular complexity index is 512. The number of hydrogen-bond donors (Lipinski definition) is 1. The van der Waals surface area contributed by atoms with Crippen LogP contribution in [0, 0.1) is 6.92 Å². The summed E-state index contributed by atoms with van der Waals surface area (Å²) >= 11 is 0. The molecule has 0 saturated carbocycles. The summed E-state index contributed by atoms with van der Waals surface area (Å²) in [5, 5.41) is 7.08. The number of carbonyl (C=O) groups is 1. The van der Waals surface area contributed by atoms with E-state index in [0.29, 0.717) is 5.69 Å². The number of nitrogens with one attached hydrogen (secondary N) is 1. The van der Waals surface area contributed by atoms with Gasteiger partial charge in [-0.3, -0.25) is 9.69 Å². The van der Waals surface area contributed by atoms with Gasteiger partial charge in [-0.05, 0) is 47.2 Å². The van der Waals surface area contributed by atoms with Crippen LogP contribution in [0.25, 0.3) is 0 Å². The number of aryl methyl sites for hydroxylation is 1. The van der Waals surface area contributed by atoms with E-state index in [1.807, 2.05) is 13.8 Å². The largest absolute Gasteiger partial charge is 0.360 e. The van der Waals surface area contributed by atoms with Gasteiger partial charge in [0.15, 0.2) is 5.69 Å². The van der Waals surface area contributed by atoms with Crippen molar-refractivity contribution >= 4 is 5.91 Å². The number of aromatic nitrogens is 1. The zero-order valence-corrected chi connectivity index (χ0v) is 15.8. The Morgan fingerprint density at radius 2 is 2.00 bits per heavy atom. The Kier molecular flexibility index (Phi) is 7.26. The zero-order valence-electron chi connectivity index (χ0n) is 15.8. The van der Waals surface area contributed by atoms with Crippen LogP contribution in [-0.4, -0.2) is 41.1 Å². The second-order valence-electron chi connectivity index (χ2n) is 6.66. The summed E-state index contributed by atoms with van der Waals surface area (Å²) in [5.74, 6) is 0.632. The first-order valence-electron chi connectivity index (χ1n) is 8.78. The molecule has 0 radical (unpaired) electrons. The average Bonchev–Trinajstić information content (AvgIpc) is 2.88. The van der Waals surface area contributed by atoms with E-state index in [-0.39, 0.29) is 17.5 Å². The minimum atomic E-state index is -0.148. The van der Waals surface area contributed by atoms with E-state index in [1.165, 1.54) is 0 Å². The average molecular weight is 323 g/mol. The first-order chi connectivity index (χ1) is 10.8. The van der Waals surface area contributed by atoms with Crippen molar-refractivity contribution in [2.45, 2.75) is 78.8 Å². The van der Waals surface area contributed by atoms with Gasteiger partial charge in [-0.2, -0.15) is 0 Å². The first-order valence-corrected chi connectivity index (χ1v) is 8.78. The number of nitrogens with zero attached hydrogens (tertiary/aromatic N) is 2. The van der Waals surface area contributed by atoms with E-state index >= 15 is 0 Å². The Labute approximate surface area is 140 Å². The van der Waals surface area contributed by atoms with Crippen molar-refractivity contribution in [2.24, 2.45) is 0 Å². The summed E-state index contributed by atoms with van der Waals surface area (Å²) in [6.45, 7) is 13.6. The molecule has 1 aromatic heterocycles. The Hall–Kier alpha value is -1.36. The van der Waals surface area contributed by atoms with Crippen LogP contribution in [-0.2, 0) is 6.42 Å². The molecule has 132 valence electrons. The van der Waals surface area contributed by atoms with Crippen LogP contribution in [0.4, 0.5) is 0 Å². The maximum Gasteiger partial charge on any atom is 0.274 e. The van der Waals surface area contributed by atoms with Gasteiger partial charge in [-0.1, -0.05) is 32.3 Å². The zero-order chi connectivity index (χ0) is 17.6. The fraction of sp³-hybridized carbons (Fsp3) is 0.778. The first kappa shape index (κ1) is 19.7. The molecular formula is C18H33N3O2. The predicted octanol–water partition coefficient (Wildman–Crippen LogP) is 3.56. The van der Waals surface area contributed by atoms with Gasteiger partial charge in [0, 0.05) is 23.6 Å². The molecule has 23 heavy (non-hydrogen) atoms. The molecule has 0 aliphatic heterocycles. The van der Waals surface area contributed by atoms with Crippen LogP contribution in [0.3, 0.4) is 0 Å². The second-order valence-corrected chi connectivity index (χ2v) is 6.66. The third-order valence-electron chi connectivity index (χ3n) is 5.02. The fourth-order valence-electron chi connectivity index (χ4n) is 3.17. The molecule has 5 heteroatoms. The van der Waals surface area contributed by atoms with Crippen molar-refractivity contribution in [2.75, 3.05) is 13.6 Å². The molecular weight excluding hydrogens is 290 g/mol. The second kappa shape index (κ2) is 8.48.